The fourth-order valence-electron chi connectivity index (χ4n) is 2.96. The lowest BCUT2D eigenvalue weighted by molar-refractivity contribution is -0.137. The fourth-order valence-corrected chi connectivity index (χ4v) is 2.96. The number of aromatic amines is 1. The molecule has 1 atom stereocenters. The van der Waals surface area contributed by atoms with Crippen molar-refractivity contribution >= 4 is 16.9 Å². The van der Waals surface area contributed by atoms with Crippen LogP contribution in [0.5, 0.6) is 5.75 Å². The first-order valence-electron chi connectivity index (χ1n) is 6.09. The van der Waals surface area contributed by atoms with Gasteiger partial charge in [-0.3, -0.25) is 4.79 Å². The Morgan fingerprint density at radius 3 is 3.11 bits per heavy atom. The molecule has 1 heterocycles. The zero-order chi connectivity index (χ0) is 12.7. The van der Waals surface area contributed by atoms with Crippen molar-refractivity contribution in [2.45, 2.75) is 25.2 Å². The number of carboxylic acids is 1. The molecule has 3 rings (SSSR count). The van der Waals surface area contributed by atoms with Crippen molar-refractivity contribution in [3.05, 3.63) is 29.5 Å². The lowest BCUT2D eigenvalue weighted by Crippen LogP contribution is -2.11. The van der Waals surface area contributed by atoms with E-state index >= 15 is 0 Å². The monoisotopic (exact) mass is 245 g/mol. The Hall–Kier alpha value is -1.97. The molecule has 4 nitrogen and oxygen atoms in total. The summed E-state index contributed by atoms with van der Waals surface area (Å²) in [4.78, 5) is 14.1. The number of benzene rings is 1. The van der Waals surface area contributed by atoms with E-state index in [4.69, 9.17) is 9.84 Å². The smallest absolute Gasteiger partial charge is 0.303 e. The van der Waals surface area contributed by atoms with E-state index < -0.39 is 5.97 Å². The van der Waals surface area contributed by atoms with Gasteiger partial charge in [0, 0.05) is 22.7 Å². The van der Waals surface area contributed by atoms with Crippen LogP contribution in [0.25, 0.3) is 10.9 Å². The van der Waals surface area contributed by atoms with Crippen LogP contribution in [0.3, 0.4) is 0 Å². The van der Waals surface area contributed by atoms with Gasteiger partial charge in [-0.25, -0.2) is 0 Å². The molecule has 1 unspecified atom stereocenters. The topological polar surface area (TPSA) is 62.3 Å². The first kappa shape index (κ1) is 11.1. The van der Waals surface area contributed by atoms with E-state index in [0.29, 0.717) is 0 Å². The maximum absolute atomic E-state index is 10.9. The number of hydrogen-bond acceptors (Lipinski definition) is 2. The average Bonchev–Trinajstić information content (AvgIpc) is 2.78. The molecule has 4 heteroatoms. The van der Waals surface area contributed by atoms with Gasteiger partial charge in [0.25, 0.3) is 0 Å². The van der Waals surface area contributed by atoms with Crippen LogP contribution in [0.15, 0.2) is 18.3 Å². The molecule has 2 N–H and O–H groups in total. The molecular formula is C14H15NO3. The molecule has 0 saturated heterocycles. The number of aromatic nitrogens is 1. The molecule has 1 aliphatic carbocycles. The molecule has 0 saturated carbocycles. The second kappa shape index (κ2) is 4.05. The van der Waals surface area contributed by atoms with Crippen LogP contribution < -0.4 is 4.74 Å². The maximum Gasteiger partial charge on any atom is 0.303 e. The van der Waals surface area contributed by atoms with Crippen molar-refractivity contribution in [3.8, 4) is 5.75 Å². The molecule has 1 aliphatic rings. The van der Waals surface area contributed by atoms with Gasteiger partial charge in [-0.2, -0.15) is 0 Å². The predicted octanol–water partition coefficient (Wildman–Crippen LogP) is 2.68. The number of ether oxygens (including phenoxy) is 1. The van der Waals surface area contributed by atoms with Crippen molar-refractivity contribution in [2.75, 3.05) is 7.11 Å². The Morgan fingerprint density at radius 1 is 1.56 bits per heavy atom. The Morgan fingerprint density at radius 2 is 2.39 bits per heavy atom. The van der Waals surface area contributed by atoms with Crippen LogP contribution in [-0.4, -0.2) is 23.2 Å². The summed E-state index contributed by atoms with van der Waals surface area (Å²) in [6, 6.07) is 3.96. The highest BCUT2D eigenvalue weighted by Crippen LogP contribution is 2.41. The minimum Gasteiger partial charge on any atom is -0.496 e. The van der Waals surface area contributed by atoms with E-state index in [1.165, 1.54) is 5.56 Å². The minimum atomic E-state index is -0.735. The molecule has 94 valence electrons. The quantitative estimate of drug-likeness (QED) is 0.873. The average molecular weight is 245 g/mol. The number of aryl methyl sites for hydroxylation is 1. The summed E-state index contributed by atoms with van der Waals surface area (Å²) >= 11 is 0. The molecule has 18 heavy (non-hydrogen) atoms. The van der Waals surface area contributed by atoms with Gasteiger partial charge >= 0.3 is 5.97 Å². The highest BCUT2D eigenvalue weighted by Gasteiger charge is 2.26. The van der Waals surface area contributed by atoms with Crippen LogP contribution >= 0.6 is 0 Å². The largest absolute Gasteiger partial charge is 0.496 e. The Balaban J connectivity index is 2.16. The summed E-state index contributed by atoms with van der Waals surface area (Å²) < 4.78 is 5.39. The Labute approximate surface area is 105 Å². The van der Waals surface area contributed by atoms with Crippen molar-refractivity contribution in [2.24, 2.45) is 0 Å². The number of carboxylic acid groups (broad SMARTS) is 1. The maximum atomic E-state index is 10.9. The fraction of sp³-hybridized carbons (Fsp3) is 0.357. The van der Waals surface area contributed by atoms with Crippen LogP contribution in [0, 0.1) is 0 Å². The van der Waals surface area contributed by atoms with Crippen LogP contribution in [0.1, 0.15) is 29.9 Å². The van der Waals surface area contributed by atoms with E-state index in [1.54, 1.807) is 7.11 Å². The van der Waals surface area contributed by atoms with E-state index in [1.807, 2.05) is 18.3 Å². The van der Waals surface area contributed by atoms with Gasteiger partial charge in [-0.15, -0.1) is 0 Å². The predicted molar refractivity (Wildman–Crippen MR) is 68.2 cm³/mol. The summed E-state index contributed by atoms with van der Waals surface area (Å²) in [5.41, 5.74) is 3.39. The number of rotatable bonds is 3. The van der Waals surface area contributed by atoms with Gasteiger partial charge < -0.3 is 14.8 Å². The summed E-state index contributed by atoms with van der Waals surface area (Å²) in [6.07, 6.45) is 3.89. The highest BCUT2D eigenvalue weighted by atomic mass is 16.5. The van der Waals surface area contributed by atoms with Gasteiger partial charge in [0.05, 0.1) is 13.5 Å². The van der Waals surface area contributed by atoms with E-state index in [-0.39, 0.29) is 12.3 Å². The third kappa shape index (κ3) is 1.56. The van der Waals surface area contributed by atoms with Gasteiger partial charge in [0.1, 0.15) is 5.75 Å². The van der Waals surface area contributed by atoms with Gasteiger partial charge in [-0.1, -0.05) is 0 Å². The zero-order valence-corrected chi connectivity index (χ0v) is 10.2. The summed E-state index contributed by atoms with van der Waals surface area (Å²) in [7, 11) is 1.67. The molecule has 1 aromatic carbocycles. The normalized spacial score (nSPS) is 17.9. The second-order valence-electron chi connectivity index (χ2n) is 4.75. The third-order valence-electron chi connectivity index (χ3n) is 3.77. The number of carbonyl (C=O) groups is 1. The first-order chi connectivity index (χ1) is 8.70. The van der Waals surface area contributed by atoms with Crippen molar-refractivity contribution in [3.63, 3.8) is 0 Å². The lowest BCUT2D eigenvalue weighted by atomic mass is 9.82. The molecule has 0 radical (unpaired) electrons. The number of nitrogens with one attached hydrogen (secondary N) is 1. The van der Waals surface area contributed by atoms with Crippen LogP contribution in [0.4, 0.5) is 0 Å². The molecule has 0 fully saturated rings. The second-order valence-corrected chi connectivity index (χ2v) is 4.75. The number of methoxy groups -OCH3 is 1. The van der Waals surface area contributed by atoms with Crippen molar-refractivity contribution < 1.29 is 14.6 Å². The zero-order valence-electron chi connectivity index (χ0n) is 10.2. The third-order valence-corrected chi connectivity index (χ3v) is 3.77. The Bertz CT molecular complexity index is 615. The molecule has 0 bridgehead atoms. The van der Waals surface area contributed by atoms with Crippen molar-refractivity contribution in [1.29, 1.82) is 0 Å². The number of hydrogen-bond donors (Lipinski definition) is 2. The summed E-state index contributed by atoms with van der Waals surface area (Å²) in [6.45, 7) is 0. The Kier molecular flexibility index (Phi) is 2.51. The number of aliphatic carboxylic acids is 1. The lowest BCUT2D eigenvalue weighted by Gasteiger charge is -2.22. The SMILES string of the molecule is COc1ccc2[nH]cc3c2c1CCC3CC(=O)O. The highest BCUT2D eigenvalue weighted by molar-refractivity contribution is 5.90. The van der Waals surface area contributed by atoms with Gasteiger partial charge in [0.2, 0.25) is 0 Å². The van der Waals surface area contributed by atoms with E-state index in [0.717, 1.165) is 35.1 Å². The number of H-pyrrole nitrogens is 1. The van der Waals surface area contributed by atoms with E-state index in [2.05, 4.69) is 4.98 Å². The summed E-state index contributed by atoms with van der Waals surface area (Å²) in [5.74, 6) is 0.272. The van der Waals surface area contributed by atoms with Gasteiger partial charge in [-0.05, 0) is 36.5 Å². The molecule has 2 aromatic rings. The summed E-state index contributed by atoms with van der Waals surface area (Å²) in [5, 5.41) is 10.1. The minimum absolute atomic E-state index is 0.107. The molecule has 0 amide bonds. The molecular weight excluding hydrogens is 230 g/mol. The molecule has 0 spiro atoms. The van der Waals surface area contributed by atoms with Gasteiger partial charge in [0.15, 0.2) is 0 Å². The standard InChI is InChI=1S/C14H15NO3/c1-18-12-5-4-11-14-9(12)3-2-8(6-13(16)17)10(14)7-15-11/h4-5,7-8,15H,2-3,6H2,1H3,(H,16,17). The van der Waals surface area contributed by atoms with Crippen molar-refractivity contribution in [1.82, 2.24) is 4.98 Å². The van der Waals surface area contributed by atoms with Crippen LogP contribution in [0.2, 0.25) is 0 Å². The molecule has 0 aliphatic heterocycles. The first-order valence-corrected chi connectivity index (χ1v) is 6.09. The van der Waals surface area contributed by atoms with E-state index in [9.17, 15) is 4.79 Å². The molecule has 1 aromatic heterocycles. The van der Waals surface area contributed by atoms with Crippen LogP contribution in [-0.2, 0) is 11.2 Å².